The molecule has 3 nitrogen and oxygen atoms in total. The summed E-state index contributed by atoms with van der Waals surface area (Å²) in [6.45, 7) is 8.84. The monoisotopic (exact) mass is 262 g/mol. The molecule has 1 fully saturated rings. The molecule has 2 rings (SSSR count). The van der Waals surface area contributed by atoms with Crippen LogP contribution in [0.5, 0.6) is 5.75 Å². The highest BCUT2D eigenvalue weighted by Gasteiger charge is 2.12. The summed E-state index contributed by atoms with van der Waals surface area (Å²) in [5, 5.41) is 0. The van der Waals surface area contributed by atoms with Gasteiger partial charge >= 0.3 is 0 Å². The van der Waals surface area contributed by atoms with Crippen LogP contribution in [-0.2, 0) is 6.42 Å². The van der Waals surface area contributed by atoms with Crippen molar-refractivity contribution in [2.75, 3.05) is 46.4 Å². The number of piperazine rings is 1. The molecule has 0 bridgehead atoms. The van der Waals surface area contributed by atoms with Gasteiger partial charge in [-0.15, -0.1) is 0 Å². The van der Waals surface area contributed by atoms with E-state index in [2.05, 4.69) is 35.0 Å². The van der Waals surface area contributed by atoms with Gasteiger partial charge in [0.1, 0.15) is 5.75 Å². The van der Waals surface area contributed by atoms with Gasteiger partial charge in [-0.1, -0.05) is 12.1 Å². The Hall–Kier alpha value is -1.06. The van der Waals surface area contributed by atoms with Crippen LogP contribution in [0.3, 0.4) is 0 Å². The Morgan fingerprint density at radius 1 is 1.16 bits per heavy atom. The normalized spacial score (nSPS) is 17.6. The number of hydrogen-bond acceptors (Lipinski definition) is 3. The van der Waals surface area contributed by atoms with E-state index in [0.717, 1.165) is 18.8 Å². The van der Waals surface area contributed by atoms with E-state index in [4.69, 9.17) is 4.74 Å². The summed E-state index contributed by atoms with van der Waals surface area (Å²) in [6.07, 6.45) is 2.38. The van der Waals surface area contributed by atoms with E-state index < -0.39 is 0 Å². The molecular formula is C16H26N2O. The topological polar surface area (TPSA) is 15.7 Å². The zero-order chi connectivity index (χ0) is 13.5. The fourth-order valence-electron chi connectivity index (χ4n) is 2.54. The minimum atomic E-state index is 0.741. The number of rotatable bonds is 6. The van der Waals surface area contributed by atoms with Crippen molar-refractivity contribution < 1.29 is 4.74 Å². The van der Waals surface area contributed by atoms with Crippen LogP contribution in [0.15, 0.2) is 24.3 Å². The average Bonchev–Trinajstić information content (AvgIpc) is 2.42. The molecule has 0 atom stereocenters. The summed E-state index contributed by atoms with van der Waals surface area (Å²) < 4.78 is 5.54. The molecule has 0 saturated carbocycles. The molecule has 0 spiro atoms. The van der Waals surface area contributed by atoms with Gasteiger partial charge in [0.15, 0.2) is 0 Å². The van der Waals surface area contributed by atoms with E-state index in [9.17, 15) is 0 Å². The van der Waals surface area contributed by atoms with Crippen LogP contribution in [0.1, 0.15) is 18.9 Å². The lowest BCUT2D eigenvalue weighted by Gasteiger charge is -2.32. The summed E-state index contributed by atoms with van der Waals surface area (Å²) in [4.78, 5) is 4.98. The molecule has 0 radical (unpaired) electrons. The van der Waals surface area contributed by atoms with Crippen molar-refractivity contribution in [2.24, 2.45) is 0 Å². The molecule has 1 heterocycles. The maximum Gasteiger partial charge on any atom is 0.119 e. The SMILES string of the molecule is CCOc1cccc(CCCN2CCN(C)CC2)c1. The van der Waals surface area contributed by atoms with Gasteiger partial charge in [-0.3, -0.25) is 0 Å². The van der Waals surface area contributed by atoms with Gasteiger partial charge < -0.3 is 14.5 Å². The van der Waals surface area contributed by atoms with Crippen LogP contribution in [0.25, 0.3) is 0 Å². The molecule has 1 aliphatic rings. The zero-order valence-corrected chi connectivity index (χ0v) is 12.3. The number of nitrogens with zero attached hydrogens (tertiary/aromatic N) is 2. The smallest absolute Gasteiger partial charge is 0.119 e. The van der Waals surface area contributed by atoms with Crippen LogP contribution in [0, 0.1) is 0 Å². The van der Waals surface area contributed by atoms with Crippen molar-refractivity contribution in [3.8, 4) is 5.75 Å². The van der Waals surface area contributed by atoms with E-state index in [1.165, 1.54) is 44.7 Å². The zero-order valence-electron chi connectivity index (χ0n) is 12.3. The van der Waals surface area contributed by atoms with Crippen LogP contribution in [0.2, 0.25) is 0 Å². The number of ether oxygens (including phenoxy) is 1. The quantitative estimate of drug-likeness (QED) is 0.782. The Morgan fingerprint density at radius 2 is 1.95 bits per heavy atom. The van der Waals surface area contributed by atoms with Gasteiger partial charge in [-0.2, -0.15) is 0 Å². The van der Waals surface area contributed by atoms with Crippen LogP contribution in [0.4, 0.5) is 0 Å². The van der Waals surface area contributed by atoms with Crippen molar-refractivity contribution in [1.82, 2.24) is 9.80 Å². The minimum absolute atomic E-state index is 0.741. The Morgan fingerprint density at radius 3 is 2.68 bits per heavy atom. The number of likely N-dealkylation sites (N-methyl/N-ethyl adjacent to an activating group) is 1. The Kier molecular flexibility index (Phi) is 5.67. The summed E-state index contributed by atoms with van der Waals surface area (Å²) in [7, 11) is 2.20. The first-order chi connectivity index (χ1) is 9.28. The van der Waals surface area contributed by atoms with Gasteiger partial charge in [0.2, 0.25) is 0 Å². The second-order valence-corrected chi connectivity index (χ2v) is 5.33. The van der Waals surface area contributed by atoms with E-state index in [0.29, 0.717) is 0 Å². The van der Waals surface area contributed by atoms with E-state index >= 15 is 0 Å². The van der Waals surface area contributed by atoms with Crippen LogP contribution in [-0.4, -0.2) is 56.2 Å². The summed E-state index contributed by atoms with van der Waals surface area (Å²) >= 11 is 0. The lowest BCUT2D eigenvalue weighted by Crippen LogP contribution is -2.44. The highest BCUT2D eigenvalue weighted by atomic mass is 16.5. The van der Waals surface area contributed by atoms with E-state index in [-0.39, 0.29) is 0 Å². The van der Waals surface area contributed by atoms with Crippen molar-refractivity contribution in [3.05, 3.63) is 29.8 Å². The molecule has 0 unspecified atom stereocenters. The molecular weight excluding hydrogens is 236 g/mol. The Balaban J connectivity index is 1.71. The molecule has 1 aliphatic heterocycles. The fraction of sp³-hybridized carbons (Fsp3) is 0.625. The molecule has 106 valence electrons. The van der Waals surface area contributed by atoms with Gasteiger partial charge in [-0.25, -0.2) is 0 Å². The molecule has 0 N–H and O–H groups in total. The molecule has 0 aromatic heterocycles. The van der Waals surface area contributed by atoms with E-state index in [1.54, 1.807) is 0 Å². The number of benzene rings is 1. The number of aryl methyl sites for hydroxylation is 1. The molecule has 19 heavy (non-hydrogen) atoms. The largest absolute Gasteiger partial charge is 0.494 e. The summed E-state index contributed by atoms with van der Waals surface area (Å²) in [6, 6.07) is 8.50. The first kappa shape index (κ1) is 14.4. The maximum absolute atomic E-state index is 5.54. The van der Waals surface area contributed by atoms with Crippen molar-refractivity contribution in [3.63, 3.8) is 0 Å². The van der Waals surface area contributed by atoms with E-state index in [1.807, 2.05) is 13.0 Å². The molecule has 0 amide bonds. The van der Waals surface area contributed by atoms with Gasteiger partial charge in [0.25, 0.3) is 0 Å². The third-order valence-corrected chi connectivity index (χ3v) is 3.75. The number of hydrogen-bond donors (Lipinski definition) is 0. The predicted molar refractivity (Wildman–Crippen MR) is 79.9 cm³/mol. The summed E-state index contributed by atoms with van der Waals surface area (Å²) in [5.41, 5.74) is 1.39. The lowest BCUT2D eigenvalue weighted by atomic mass is 10.1. The third kappa shape index (κ3) is 4.84. The molecule has 0 aliphatic carbocycles. The van der Waals surface area contributed by atoms with Crippen LogP contribution >= 0.6 is 0 Å². The Labute approximate surface area is 117 Å². The second-order valence-electron chi connectivity index (χ2n) is 5.33. The molecule has 3 heteroatoms. The predicted octanol–water partition coefficient (Wildman–Crippen LogP) is 2.27. The highest BCUT2D eigenvalue weighted by Crippen LogP contribution is 2.15. The Bertz CT molecular complexity index is 373. The van der Waals surface area contributed by atoms with Crippen molar-refractivity contribution in [1.29, 1.82) is 0 Å². The van der Waals surface area contributed by atoms with Gasteiger partial charge in [0.05, 0.1) is 6.61 Å². The molecule has 1 aromatic rings. The summed E-state index contributed by atoms with van der Waals surface area (Å²) in [5.74, 6) is 1.000. The second kappa shape index (κ2) is 7.51. The van der Waals surface area contributed by atoms with Crippen LogP contribution < -0.4 is 4.74 Å². The lowest BCUT2D eigenvalue weighted by molar-refractivity contribution is 0.153. The first-order valence-electron chi connectivity index (χ1n) is 7.40. The highest BCUT2D eigenvalue weighted by molar-refractivity contribution is 5.28. The average molecular weight is 262 g/mol. The fourth-order valence-corrected chi connectivity index (χ4v) is 2.54. The minimum Gasteiger partial charge on any atom is -0.494 e. The standard InChI is InChI=1S/C16H26N2O/c1-3-19-16-8-4-6-15(14-16)7-5-9-18-12-10-17(2)11-13-18/h4,6,8,14H,3,5,7,9-13H2,1-2H3. The van der Waals surface area contributed by atoms with Crippen molar-refractivity contribution in [2.45, 2.75) is 19.8 Å². The van der Waals surface area contributed by atoms with Gasteiger partial charge in [-0.05, 0) is 51.1 Å². The van der Waals surface area contributed by atoms with Crippen molar-refractivity contribution >= 4 is 0 Å². The molecule has 1 saturated heterocycles. The first-order valence-corrected chi connectivity index (χ1v) is 7.40. The third-order valence-electron chi connectivity index (χ3n) is 3.75. The maximum atomic E-state index is 5.54. The van der Waals surface area contributed by atoms with Gasteiger partial charge in [0, 0.05) is 26.2 Å². The molecule has 1 aromatic carbocycles.